The molecule has 130 valence electrons. The average molecular weight is 413 g/mol. The molecule has 2 heterocycles. The quantitative estimate of drug-likeness (QED) is 0.426. The molecule has 2 aliphatic heterocycles. The molecule has 0 spiro atoms. The highest BCUT2D eigenvalue weighted by molar-refractivity contribution is 8.00. The Hall–Kier alpha value is -1.14. The molecule has 1 saturated heterocycles. The van der Waals surface area contributed by atoms with Crippen molar-refractivity contribution >= 4 is 64.3 Å². The molecule has 0 bridgehead atoms. The number of hydrogen-bond acceptors (Lipinski definition) is 6. The maximum atomic E-state index is 12.2. The maximum Gasteiger partial charge on any atom is 0.354 e. The molecule has 1 N–H and O–H groups in total. The summed E-state index contributed by atoms with van der Waals surface area (Å²) in [6, 6.07) is 0.919. The van der Waals surface area contributed by atoms with Gasteiger partial charge in [-0.1, -0.05) is 34.8 Å². The van der Waals surface area contributed by atoms with Gasteiger partial charge in [0, 0.05) is 5.25 Å². The number of fused-ring (bicyclic) bond motifs is 1. The fraction of sp³-hybridized carbons (Fsp3) is 0.538. The molecule has 2 amide bonds. The van der Waals surface area contributed by atoms with Crippen LogP contribution in [-0.2, 0) is 19.1 Å². The minimum atomic E-state index is -1.75. The van der Waals surface area contributed by atoms with Crippen LogP contribution in [0, 0.1) is 11.3 Å². The van der Waals surface area contributed by atoms with Gasteiger partial charge in [-0.05, 0) is 13.0 Å². The van der Waals surface area contributed by atoms with Crippen LogP contribution in [-0.4, -0.2) is 49.7 Å². The molecule has 11 heteroatoms. The summed E-state index contributed by atoms with van der Waals surface area (Å²) in [4.78, 5) is 37.2. The lowest BCUT2D eigenvalue weighted by atomic mass is 10.0. The molecule has 7 nitrogen and oxygen atoms in total. The van der Waals surface area contributed by atoms with E-state index in [1.165, 1.54) is 16.7 Å². The third kappa shape index (κ3) is 4.28. The molecule has 0 radical (unpaired) electrons. The molecule has 2 aliphatic rings. The van der Waals surface area contributed by atoms with Gasteiger partial charge in [0.1, 0.15) is 30.1 Å². The van der Waals surface area contributed by atoms with Crippen LogP contribution in [0.15, 0.2) is 11.8 Å². The molecular formula is C13H12Cl3N3O4S. The molecule has 0 saturated carbocycles. The van der Waals surface area contributed by atoms with Crippen LogP contribution >= 0.6 is 46.6 Å². The van der Waals surface area contributed by atoms with Crippen molar-refractivity contribution in [3.63, 3.8) is 0 Å². The van der Waals surface area contributed by atoms with Crippen molar-refractivity contribution in [2.75, 3.05) is 6.61 Å². The van der Waals surface area contributed by atoms with Crippen LogP contribution in [0.3, 0.4) is 0 Å². The number of esters is 1. The first kappa shape index (κ1) is 19.2. The number of rotatable bonds is 4. The lowest BCUT2D eigenvalue weighted by molar-refractivity contribution is -0.152. The Morgan fingerprint density at radius 1 is 1.50 bits per heavy atom. The fourth-order valence-electron chi connectivity index (χ4n) is 2.24. The predicted molar refractivity (Wildman–Crippen MR) is 89.2 cm³/mol. The Morgan fingerprint density at radius 2 is 2.17 bits per heavy atom. The molecule has 1 fully saturated rings. The molecule has 2 unspecified atom stereocenters. The van der Waals surface area contributed by atoms with Crippen molar-refractivity contribution in [3.8, 4) is 6.07 Å². The van der Waals surface area contributed by atoms with Crippen molar-refractivity contribution in [1.82, 2.24) is 10.2 Å². The number of carbonyl (C=O) groups excluding carboxylic acids is 3. The van der Waals surface area contributed by atoms with Crippen molar-refractivity contribution in [3.05, 3.63) is 11.8 Å². The number of ether oxygens (including phenoxy) is 1. The second-order valence-corrected chi connectivity index (χ2v) is 9.08. The predicted octanol–water partition coefficient (Wildman–Crippen LogP) is 1.49. The summed E-state index contributed by atoms with van der Waals surface area (Å²) in [5.41, 5.74) is 0.0521. The van der Waals surface area contributed by atoms with Crippen LogP contribution in [0.25, 0.3) is 0 Å². The molecule has 0 aromatic heterocycles. The minimum absolute atomic E-state index is 0.0521. The average Bonchev–Trinajstić information content (AvgIpc) is 2.49. The highest BCUT2D eigenvalue weighted by atomic mass is 35.6. The SMILES string of the molecule is CC1C=C(C(=O)OCC(Cl)(Cl)Cl)N2C(=O)C(NC(=O)CC#N)[C@@H]2S1. The molecule has 0 aromatic rings. The van der Waals surface area contributed by atoms with E-state index in [9.17, 15) is 14.4 Å². The van der Waals surface area contributed by atoms with Crippen molar-refractivity contribution in [1.29, 1.82) is 5.26 Å². The number of hydrogen-bond donors (Lipinski definition) is 1. The number of nitrogens with zero attached hydrogens (tertiary/aromatic N) is 2. The Labute approximate surface area is 157 Å². The van der Waals surface area contributed by atoms with Crippen molar-refractivity contribution in [2.45, 2.75) is 33.8 Å². The summed E-state index contributed by atoms with van der Waals surface area (Å²) >= 11 is 18.0. The Balaban J connectivity index is 2.08. The van der Waals surface area contributed by atoms with Gasteiger partial charge in [-0.3, -0.25) is 14.5 Å². The number of alkyl halides is 3. The van der Waals surface area contributed by atoms with Crippen molar-refractivity contribution in [2.24, 2.45) is 0 Å². The lowest BCUT2D eigenvalue weighted by Crippen LogP contribution is -2.70. The largest absolute Gasteiger partial charge is 0.456 e. The lowest BCUT2D eigenvalue weighted by Gasteiger charge is -2.49. The molecule has 0 aromatic carbocycles. The summed E-state index contributed by atoms with van der Waals surface area (Å²) in [5.74, 6) is -1.78. The van der Waals surface area contributed by atoms with E-state index in [1.54, 1.807) is 12.1 Å². The molecule has 0 aliphatic carbocycles. The molecule has 24 heavy (non-hydrogen) atoms. The van der Waals surface area contributed by atoms with Crippen LogP contribution in [0.4, 0.5) is 0 Å². The summed E-state index contributed by atoms with van der Waals surface area (Å²) < 4.78 is 3.16. The van der Waals surface area contributed by atoms with Gasteiger partial charge >= 0.3 is 5.97 Å². The summed E-state index contributed by atoms with van der Waals surface area (Å²) in [5, 5.41) is 10.5. The van der Waals surface area contributed by atoms with E-state index in [-0.39, 0.29) is 17.4 Å². The number of thioether (sulfide) groups is 1. The normalized spacial score (nSPS) is 25.8. The van der Waals surface area contributed by atoms with Gasteiger partial charge in [-0.2, -0.15) is 5.26 Å². The van der Waals surface area contributed by atoms with Gasteiger partial charge in [0.05, 0.1) is 6.07 Å². The molecular weight excluding hydrogens is 401 g/mol. The molecule has 2 rings (SSSR count). The minimum Gasteiger partial charge on any atom is -0.456 e. The highest BCUT2D eigenvalue weighted by Gasteiger charge is 2.54. The van der Waals surface area contributed by atoms with E-state index >= 15 is 0 Å². The fourth-order valence-corrected chi connectivity index (χ4v) is 3.73. The Bertz CT molecular complexity index is 643. The number of amides is 2. The first-order valence-electron chi connectivity index (χ1n) is 6.74. The third-order valence-electron chi connectivity index (χ3n) is 3.18. The van der Waals surface area contributed by atoms with E-state index in [0.29, 0.717) is 0 Å². The Kier molecular flexibility index (Phi) is 5.91. The summed E-state index contributed by atoms with van der Waals surface area (Å²) in [6.07, 6.45) is 1.23. The summed E-state index contributed by atoms with van der Waals surface area (Å²) in [7, 11) is 0. The topological polar surface area (TPSA) is 99.5 Å². The Morgan fingerprint density at radius 3 is 2.75 bits per heavy atom. The second-order valence-electron chi connectivity index (χ2n) is 5.06. The standard InChI is InChI=1S/C13H12Cl3N3O4S/c1-6-4-7(12(22)23-5-13(14,15)16)19-10(21)9(11(19)24-6)18-8(20)2-3-17/h4,6,9,11H,2,5H2,1H3,(H,18,20)/t6?,9?,11-/m0/s1. The first-order valence-corrected chi connectivity index (χ1v) is 8.82. The van der Waals surface area contributed by atoms with Crippen LogP contribution in [0.1, 0.15) is 13.3 Å². The zero-order chi connectivity index (χ0) is 18.1. The summed E-state index contributed by atoms with van der Waals surface area (Å²) in [6.45, 7) is 1.38. The highest BCUT2D eigenvalue weighted by Crippen LogP contribution is 2.41. The first-order chi connectivity index (χ1) is 11.1. The number of halogens is 3. The van der Waals surface area contributed by atoms with E-state index in [4.69, 9.17) is 44.8 Å². The van der Waals surface area contributed by atoms with Crippen LogP contribution < -0.4 is 5.32 Å². The van der Waals surface area contributed by atoms with Gasteiger partial charge < -0.3 is 10.1 Å². The van der Waals surface area contributed by atoms with Crippen LogP contribution in [0.2, 0.25) is 0 Å². The third-order valence-corrected chi connectivity index (χ3v) is 4.84. The van der Waals surface area contributed by atoms with Crippen LogP contribution in [0.5, 0.6) is 0 Å². The zero-order valence-corrected chi connectivity index (χ0v) is 15.4. The number of β-lactam (4-membered cyclic amide) rings is 1. The zero-order valence-electron chi connectivity index (χ0n) is 12.3. The monoisotopic (exact) mass is 411 g/mol. The second kappa shape index (κ2) is 7.40. The van der Waals surface area contributed by atoms with Crippen molar-refractivity contribution < 1.29 is 19.1 Å². The van der Waals surface area contributed by atoms with E-state index in [2.05, 4.69) is 5.32 Å². The van der Waals surface area contributed by atoms with Gasteiger partial charge in [-0.15, -0.1) is 11.8 Å². The van der Waals surface area contributed by atoms with Gasteiger partial charge in [-0.25, -0.2) is 4.79 Å². The van der Waals surface area contributed by atoms with E-state index in [1.807, 2.05) is 6.92 Å². The number of carbonyl (C=O) groups is 3. The van der Waals surface area contributed by atoms with Gasteiger partial charge in [0.15, 0.2) is 0 Å². The van der Waals surface area contributed by atoms with Gasteiger partial charge in [0.25, 0.3) is 5.91 Å². The van der Waals surface area contributed by atoms with E-state index < -0.39 is 39.6 Å². The molecule has 3 atom stereocenters. The van der Waals surface area contributed by atoms with E-state index in [0.717, 1.165) is 0 Å². The number of nitriles is 1. The number of nitrogens with one attached hydrogen (secondary N) is 1. The smallest absolute Gasteiger partial charge is 0.354 e. The maximum absolute atomic E-state index is 12.2. The van der Waals surface area contributed by atoms with Gasteiger partial charge in [0.2, 0.25) is 9.70 Å².